The first-order chi connectivity index (χ1) is 8.81. The maximum absolute atomic E-state index is 9.94. The van der Waals surface area contributed by atoms with Gasteiger partial charge in [0.25, 0.3) is 0 Å². The average Bonchev–Trinajstić information content (AvgIpc) is 3.08. The molecular weight excluding hydrogens is 226 g/mol. The fourth-order valence-electron chi connectivity index (χ4n) is 2.56. The molecule has 2 heterocycles. The summed E-state index contributed by atoms with van der Waals surface area (Å²) >= 11 is 0. The molecule has 0 aliphatic carbocycles. The van der Waals surface area contributed by atoms with Crippen LogP contribution in [0.2, 0.25) is 0 Å². The van der Waals surface area contributed by atoms with E-state index in [1.54, 1.807) is 6.07 Å². The highest BCUT2D eigenvalue weighted by Crippen LogP contribution is 2.33. The van der Waals surface area contributed by atoms with E-state index in [9.17, 15) is 5.11 Å². The lowest BCUT2D eigenvalue weighted by Gasteiger charge is -1.99. The first-order valence-electron chi connectivity index (χ1n) is 6.15. The van der Waals surface area contributed by atoms with Gasteiger partial charge < -0.3 is 14.8 Å². The highest BCUT2D eigenvalue weighted by atomic mass is 16.6. The summed E-state index contributed by atoms with van der Waals surface area (Å²) in [6, 6.07) is 11.9. The van der Waals surface area contributed by atoms with Crippen molar-refractivity contribution in [1.82, 2.24) is 4.98 Å². The summed E-state index contributed by atoms with van der Waals surface area (Å²) in [5.74, 6) is 0.331. The molecule has 18 heavy (non-hydrogen) atoms. The van der Waals surface area contributed by atoms with Crippen LogP contribution in [-0.2, 0) is 11.2 Å². The van der Waals surface area contributed by atoms with Crippen LogP contribution in [0.15, 0.2) is 36.4 Å². The van der Waals surface area contributed by atoms with Crippen molar-refractivity contribution in [2.75, 3.05) is 6.61 Å². The van der Waals surface area contributed by atoms with Crippen LogP contribution in [0.25, 0.3) is 21.8 Å². The number of aromatic nitrogens is 1. The van der Waals surface area contributed by atoms with Crippen molar-refractivity contribution in [2.24, 2.45) is 0 Å². The van der Waals surface area contributed by atoms with Gasteiger partial charge in [-0.2, -0.15) is 0 Å². The monoisotopic (exact) mass is 239 g/mol. The third-order valence-electron chi connectivity index (χ3n) is 3.53. The number of epoxide rings is 1. The number of rotatable bonds is 2. The molecular formula is C15H13NO2. The lowest BCUT2D eigenvalue weighted by Crippen LogP contribution is -1.91. The Labute approximate surface area is 104 Å². The lowest BCUT2D eigenvalue weighted by molar-refractivity contribution is 0.407. The molecule has 1 fully saturated rings. The third-order valence-corrected chi connectivity index (χ3v) is 3.53. The minimum atomic E-state index is 0.331. The van der Waals surface area contributed by atoms with E-state index in [1.165, 1.54) is 5.56 Å². The van der Waals surface area contributed by atoms with E-state index in [2.05, 4.69) is 23.2 Å². The molecule has 1 aliphatic rings. The van der Waals surface area contributed by atoms with Gasteiger partial charge in [-0.3, -0.25) is 0 Å². The molecule has 90 valence electrons. The second kappa shape index (κ2) is 3.50. The summed E-state index contributed by atoms with van der Waals surface area (Å²) < 4.78 is 5.25. The van der Waals surface area contributed by atoms with E-state index in [0.29, 0.717) is 11.9 Å². The number of nitrogens with one attached hydrogen (secondary N) is 1. The van der Waals surface area contributed by atoms with Crippen molar-refractivity contribution in [3.05, 3.63) is 42.0 Å². The Morgan fingerprint density at radius 2 is 2.11 bits per heavy atom. The van der Waals surface area contributed by atoms with Gasteiger partial charge in [-0.05, 0) is 23.8 Å². The topological polar surface area (TPSA) is 48.5 Å². The van der Waals surface area contributed by atoms with E-state index in [1.807, 2.05) is 12.1 Å². The first kappa shape index (κ1) is 9.97. The molecule has 2 aromatic carbocycles. The minimum absolute atomic E-state index is 0.331. The highest BCUT2D eigenvalue weighted by molar-refractivity contribution is 6.10. The Balaban J connectivity index is 1.94. The summed E-state index contributed by atoms with van der Waals surface area (Å²) in [5, 5.41) is 11.9. The normalized spacial score (nSPS) is 18.6. The number of hydrogen-bond donors (Lipinski definition) is 2. The summed E-state index contributed by atoms with van der Waals surface area (Å²) in [6.07, 6.45) is 1.37. The van der Waals surface area contributed by atoms with E-state index >= 15 is 0 Å². The molecule has 0 spiro atoms. The standard InChI is InChI=1S/C15H13NO2/c17-14-3-1-2-12-15(14)11-5-4-9(6-10-8-18-10)7-13(11)16-12/h1-5,7,10,16-17H,6,8H2. The Hall–Kier alpha value is -2.00. The van der Waals surface area contributed by atoms with E-state index in [0.717, 1.165) is 34.8 Å². The molecule has 1 aliphatic heterocycles. The molecule has 3 heteroatoms. The van der Waals surface area contributed by atoms with Crippen LogP contribution in [0.4, 0.5) is 0 Å². The number of ether oxygens (including phenoxy) is 1. The van der Waals surface area contributed by atoms with Crippen LogP contribution in [-0.4, -0.2) is 22.8 Å². The van der Waals surface area contributed by atoms with Crippen molar-refractivity contribution in [1.29, 1.82) is 0 Å². The van der Waals surface area contributed by atoms with Crippen LogP contribution in [0.3, 0.4) is 0 Å². The number of phenols is 1. The Bertz CT molecular complexity index is 741. The molecule has 1 saturated heterocycles. The van der Waals surface area contributed by atoms with E-state index < -0.39 is 0 Å². The predicted octanol–water partition coefficient (Wildman–Crippen LogP) is 2.97. The zero-order valence-electron chi connectivity index (χ0n) is 9.81. The van der Waals surface area contributed by atoms with Crippen molar-refractivity contribution in [3.63, 3.8) is 0 Å². The number of phenolic OH excluding ortho intramolecular Hbond substituents is 1. The van der Waals surface area contributed by atoms with Gasteiger partial charge in [0.2, 0.25) is 0 Å². The van der Waals surface area contributed by atoms with Crippen molar-refractivity contribution >= 4 is 21.8 Å². The zero-order chi connectivity index (χ0) is 12.1. The molecule has 0 amide bonds. The molecule has 3 nitrogen and oxygen atoms in total. The zero-order valence-corrected chi connectivity index (χ0v) is 9.81. The Morgan fingerprint density at radius 3 is 2.94 bits per heavy atom. The molecule has 4 rings (SSSR count). The van der Waals surface area contributed by atoms with Crippen LogP contribution in [0.5, 0.6) is 5.75 Å². The van der Waals surface area contributed by atoms with Gasteiger partial charge in [0.15, 0.2) is 0 Å². The summed E-state index contributed by atoms with van der Waals surface area (Å²) in [4.78, 5) is 3.35. The SMILES string of the molecule is Oc1cccc2[nH]c3cc(CC4CO4)ccc3c12. The number of aromatic hydroxyl groups is 1. The lowest BCUT2D eigenvalue weighted by atomic mass is 10.1. The molecule has 0 saturated carbocycles. The summed E-state index contributed by atoms with van der Waals surface area (Å²) in [7, 11) is 0. The van der Waals surface area contributed by atoms with Gasteiger partial charge in [0.1, 0.15) is 5.75 Å². The van der Waals surface area contributed by atoms with Gasteiger partial charge >= 0.3 is 0 Å². The first-order valence-corrected chi connectivity index (χ1v) is 6.15. The quantitative estimate of drug-likeness (QED) is 0.675. The fraction of sp³-hybridized carbons (Fsp3) is 0.200. The second-order valence-corrected chi connectivity index (χ2v) is 4.86. The third kappa shape index (κ3) is 1.48. The Morgan fingerprint density at radius 1 is 1.22 bits per heavy atom. The van der Waals surface area contributed by atoms with Crippen LogP contribution in [0, 0.1) is 0 Å². The molecule has 2 N–H and O–H groups in total. The van der Waals surface area contributed by atoms with Gasteiger partial charge in [0.05, 0.1) is 18.2 Å². The van der Waals surface area contributed by atoms with Gasteiger partial charge in [-0.1, -0.05) is 18.2 Å². The number of H-pyrrole nitrogens is 1. The van der Waals surface area contributed by atoms with E-state index in [-0.39, 0.29) is 0 Å². The van der Waals surface area contributed by atoms with Gasteiger partial charge in [-0.25, -0.2) is 0 Å². The molecule has 1 unspecified atom stereocenters. The maximum Gasteiger partial charge on any atom is 0.125 e. The van der Waals surface area contributed by atoms with Crippen LogP contribution in [0.1, 0.15) is 5.56 Å². The largest absolute Gasteiger partial charge is 0.507 e. The Kier molecular flexibility index (Phi) is 1.94. The van der Waals surface area contributed by atoms with Crippen molar-refractivity contribution < 1.29 is 9.84 Å². The number of hydrogen-bond acceptors (Lipinski definition) is 2. The van der Waals surface area contributed by atoms with Crippen LogP contribution < -0.4 is 0 Å². The molecule has 0 bridgehead atoms. The minimum Gasteiger partial charge on any atom is -0.507 e. The van der Waals surface area contributed by atoms with E-state index in [4.69, 9.17) is 4.74 Å². The smallest absolute Gasteiger partial charge is 0.125 e. The highest BCUT2D eigenvalue weighted by Gasteiger charge is 2.22. The summed E-state index contributed by atoms with van der Waals surface area (Å²) in [5.41, 5.74) is 3.32. The molecule has 1 aromatic heterocycles. The molecule has 3 aromatic rings. The summed E-state index contributed by atoms with van der Waals surface area (Å²) in [6.45, 7) is 0.880. The molecule has 1 atom stereocenters. The fourth-order valence-corrected chi connectivity index (χ4v) is 2.56. The van der Waals surface area contributed by atoms with Gasteiger partial charge in [-0.15, -0.1) is 0 Å². The second-order valence-electron chi connectivity index (χ2n) is 4.86. The average molecular weight is 239 g/mol. The number of aromatic amines is 1. The number of fused-ring (bicyclic) bond motifs is 3. The maximum atomic E-state index is 9.94. The predicted molar refractivity (Wildman–Crippen MR) is 70.9 cm³/mol. The van der Waals surface area contributed by atoms with Crippen LogP contribution >= 0.6 is 0 Å². The molecule has 0 radical (unpaired) electrons. The van der Waals surface area contributed by atoms with Crippen molar-refractivity contribution in [3.8, 4) is 5.75 Å². The van der Waals surface area contributed by atoms with Gasteiger partial charge in [0, 0.05) is 22.7 Å². The van der Waals surface area contributed by atoms with Crippen molar-refractivity contribution in [2.45, 2.75) is 12.5 Å². The number of benzene rings is 2.